The highest BCUT2D eigenvalue weighted by Gasteiger charge is 2.47. The van der Waals surface area contributed by atoms with Crippen LogP contribution in [0, 0.1) is 5.92 Å². The van der Waals surface area contributed by atoms with E-state index in [9.17, 15) is 19.5 Å². The number of fused-ring (bicyclic) bond motifs is 1. The van der Waals surface area contributed by atoms with Gasteiger partial charge >= 0.3 is 12.0 Å². The molecule has 2 heterocycles. The lowest BCUT2D eigenvalue weighted by Gasteiger charge is -2.26. The van der Waals surface area contributed by atoms with Crippen LogP contribution in [0.2, 0.25) is 0 Å². The number of benzene rings is 1. The number of nitrogens with zero attached hydrogens (tertiary/aromatic N) is 1. The normalized spacial score (nSPS) is 21.7. The Kier molecular flexibility index (Phi) is 4.52. The fourth-order valence-corrected chi connectivity index (χ4v) is 3.05. The largest absolute Gasteiger partial charge is 0.486 e. The molecule has 8 nitrogen and oxygen atoms in total. The Hall–Kier alpha value is -2.77. The number of ether oxygens (including phenoxy) is 2. The van der Waals surface area contributed by atoms with Crippen molar-refractivity contribution in [1.29, 1.82) is 0 Å². The molecule has 3 amide bonds. The van der Waals surface area contributed by atoms with Gasteiger partial charge < -0.3 is 19.9 Å². The van der Waals surface area contributed by atoms with E-state index in [0.29, 0.717) is 36.7 Å². The van der Waals surface area contributed by atoms with E-state index >= 15 is 0 Å². The van der Waals surface area contributed by atoms with Crippen molar-refractivity contribution < 1.29 is 29.0 Å². The second kappa shape index (κ2) is 6.62. The molecule has 1 aromatic rings. The van der Waals surface area contributed by atoms with Crippen LogP contribution < -0.4 is 14.8 Å². The average molecular weight is 348 g/mol. The Labute approximate surface area is 144 Å². The SMILES string of the molecule is CC[C@H](C)[C@@H](C(=O)O)N1C(=O)N[C@H](c2ccc3c(c2)OCCO3)C1=O. The zero-order valence-corrected chi connectivity index (χ0v) is 14.0. The van der Waals surface area contributed by atoms with Crippen LogP contribution in [-0.4, -0.2) is 47.2 Å². The molecule has 2 aliphatic heterocycles. The van der Waals surface area contributed by atoms with Gasteiger partial charge in [-0.15, -0.1) is 0 Å². The van der Waals surface area contributed by atoms with E-state index in [1.807, 2.05) is 6.92 Å². The molecule has 2 N–H and O–H groups in total. The van der Waals surface area contributed by atoms with Gasteiger partial charge in [0.15, 0.2) is 11.5 Å². The number of hydrogen-bond acceptors (Lipinski definition) is 5. The highest BCUT2D eigenvalue weighted by Crippen LogP contribution is 2.35. The number of urea groups is 1. The first-order valence-corrected chi connectivity index (χ1v) is 8.20. The number of imide groups is 1. The van der Waals surface area contributed by atoms with Gasteiger partial charge in [0, 0.05) is 0 Å². The van der Waals surface area contributed by atoms with Crippen LogP contribution in [0.25, 0.3) is 0 Å². The predicted octanol–water partition coefficient (Wildman–Crippen LogP) is 1.55. The van der Waals surface area contributed by atoms with Gasteiger partial charge in [-0.3, -0.25) is 4.79 Å². The topological polar surface area (TPSA) is 105 Å². The maximum absolute atomic E-state index is 12.8. The maximum atomic E-state index is 12.8. The van der Waals surface area contributed by atoms with Crippen LogP contribution in [-0.2, 0) is 9.59 Å². The standard InChI is InChI=1S/C17H20N2O6/c1-3-9(2)14(16(21)22)19-15(20)13(18-17(19)23)10-4-5-11-12(8-10)25-7-6-24-11/h4-5,8-9,13-14H,3,6-7H2,1-2H3,(H,18,23)(H,21,22)/t9-,13+,14-/m0/s1. The summed E-state index contributed by atoms with van der Waals surface area (Å²) in [5.74, 6) is -1.05. The molecule has 0 aromatic heterocycles. The van der Waals surface area contributed by atoms with E-state index in [2.05, 4.69) is 5.32 Å². The van der Waals surface area contributed by atoms with Crippen LogP contribution in [0.5, 0.6) is 11.5 Å². The van der Waals surface area contributed by atoms with Crippen molar-refractivity contribution in [2.24, 2.45) is 5.92 Å². The molecule has 0 saturated carbocycles. The first kappa shape index (κ1) is 17.1. The molecule has 134 valence electrons. The molecular weight excluding hydrogens is 328 g/mol. The van der Waals surface area contributed by atoms with E-state index in [1.165, 1.54) is 0 Å². The van der Waals surface area contributed by atoms with Crippen molar-refractivity contribution >= 4 is 17.9 Å². The van der Waals surface area contributed by atoms with Crippen LogP contribution in [0.15, 0.2) is 18.2 Å². The zero-order valence-electron chi connectivity index (χ0n) is 14.0. The number of carboxylic acid groups (broad SMARTS) is 1. The fourth-order valence-electron chi connectivity index (χ4n) is 3.05. The zero-order chi connectivity index (χ0) is 18.1. The van der Waals surface area contributed by atoms with E-state index in [0.717, 1.165) is 4.90 Å². The van der Waals surface area contributed by atoms with Gasteiger partial charge in [-0.25, -0.2) is 14.5 Å². The van der Waals surface area contributed by atoms with Crippen molar-refractivity contribution in [2.45, 2.75) is 32.4 Å². The Balaban J connectivity index is 1.89. The van der Waals surface area contributed by atoms with Gasteiger partial charge in [-0.05, 0) is 23.6 Å². The monoisotopic (exact) mass is 348 g/mol. The number of hydrogen-bond donors (Lipinski definition) is 2. The summed E-state index contributed by atoms with van der Waals surface area (Å²) in [4.78, 5) is 37.5. The summed E-state index contributed by atoms with van der Waals surface area (Å²) in [6.07, 6.45) is 0.530. The average Bonchev–Trinajstić information content (AvgIpc) is 2.89. The van der Waals surface area contributed by atoms with Crippen LogP contribution in [0.3, 0.4) is 0 Å². The first-order chi connectivity index (χ1) is 11.9. The Morgan fingerprint density at radius 3 is 2.64 bits per heavy atom. The van der Waals surface area contributed by atoms with Gasteiger partial charge in [-0.2, -0.15) is 0 Å². The third kappa shape index (κ3) is 2.99. The van der Waals surface area contributed by atoms with Crippen molar-refractivity contribution in [3.63, 3.8) is 0 Å². The fraction of sp³-hybridized carbons (Fsp3) is 0.471. The highest BCUT2D eigenvalue weighted by molar-refractivity contribution is 6.07. The smallest absolute Gasteiger partial charge is 0.327 e. The van der Waals surface area contributed by atoms with Gasteiger partial charge in [0.2, 0.25) is 0 Å². The Morgan fingerprint density at radius 1 is 1.32 bits per heavy atom. The van der Waals surface area contributed by atoms with E-state index < -0.39 is 30.0 Å². The maximum Gasteiger partial charge on any atom is 0.327 e. The Morgan fingerprint density at radius 2 is 2.00 bits per heavy atom. The summed E-state index contributed by atoms with van der Waals surface area (Å²) in [6.45, 7) is 4.38. The van der Waals surface area contributed by atoms with Gasteiger partial charge in [-0.1, -0.05) is 26.3 Å². The van der Waals surface area contributed by atoms with Crippen molar-refractivity contribution in [3.8, 4) is 11.5 Å². The summed E-state index contributed by atoms with van der Waals surface area (Å²) in [5, 5.41) is 12.0. The molecule has 8 heteroatoms. The number of carboxylic acids is 1. The molecule has 1 fully saturated rings. The quantitative estimate of drug-likeness (QED) is 0.782. The number of carbonyl (C=O) groups is 3. The van der Waals surface area contributed by atoms with E-state index in [-0.39, 0.29) is 5.92 Å². The van der Waals surface area contributed by atoms with Crippen LogP contribution in [0.1, 0.15) is 31.9 Å². The predicted molar refractivity (Wildman–Crippen MR) is 86.4 cm³/mol. The Bertz CT molecular complexity index is 719. The van der Waals surface area contributed by atoms with Gasteiger partial charge in [0.1, 0.15) is 25.3 Å². The molecule has 0 unspecified atom stereocenters. The highest BCUT2D eigenvalue weighted by atomic mass is 16.6. The van der Waals surface area contributed by atoms with Crippen LogP contribution in [0.4, 0.5) is 4.79 Å². The molecule has 1 saturated heterocycles. The minimum Gasteiger partial charge on any atom is -0.486 e. The molecule has 25 heavy (non-hydrogen) atoms. The molecule has 1 aromatic carbocycles. The third-order valence-electron chi connectivity index (χ3n) is 4.58. The van der Waals surface area contributed by atoms with Crippen molar-refractivity contribution in [3.05, 3.63) is 23.8 Å². The van der Waals surface area contributed by atoms with Crippen molar-refractivity contribution in [1.82, 2.24) is 10.2 Å². The molecule has 0 bridgehead atoms. The molecule has 0 aliphatic carbocycles. The third-order valence-corrected chi connectivity index (χ3v) is 4.58. The number of rotatable bonds is 5. The van der Waals surface area contributed by atoms with Gasteiger partial charge in [0.25, 0.3) is 5.91 Å². The second-order valence-electron chi connectivity index (χ2n) is 6.16. The summed E-state index contributed by atoms with van der Waals surface area (Å²) in [5.41, 5.74) is 0.526. The minimum atomic E-state index is -1.19. The number of nitrogens with one attached hydrogen (secondary N) is 1. The molecule has 3 atom stereocenters. The lowest BCUT2D eigenvalue weighted by molar-refractivity contribution is -0.148. The summed E-state index contributed by atoms with van der Waals surface area (Å²) in [6, 6.07) is 2.15. The number of amides is 3. The van der Waals surface area contributed by atoms with Gasteiger partial charge in [0.05, 0.1) is 0 Å². The van der Waals surface area contributed by atoms with Crippen molar-refractivity contribution in [2.75, 3.05) is 13.2 Å². The molecular formula is C17H20N2O6. The second-order valence-corrected chi connectivity index (χ2v) is 6.16. The molecule has 2 aliphatic rings. The molecule has 3 rings (SSSR count). The lowest BCUT2D eigenvalue weighted by Crippen LogP contribution is -2.48. The minimum absolute atomic E-state index is 0.355. The summed E-state index contributed by atoms with van der Waals surface area (Å²) >= 11 is 0. The van der Waals surface area contributed by atoms with E-state index in [1.54, 1.807) is 25.1 Å². The first-order valence-electron chi connectivity index (χ1n) is 8.20. The van der Waals surface area contributed by atoms with Crippen LogP contribution >= 0.6 is 0 Å². The van der Waals surface area contributed by atoms with E-state index in [4.69, 9.17) is 9.47 Å². The molecule has 0 spiro atoms. The summed E-state index contributed by atoms with van der Waals surface area (Å²) < 4.78 is 10.9. The molecule has 0 radical (unpaired) electrons. The lowest BCUT2D eigenvalue weighted by atomic mass is 9.97. The summed E-state index contributed by atoms with van der Waals surface area (Å²) in [7, 11) is 0. The number of carbonyl (C=O) groups excluding carboxylic acids is 2. The number of aliphatic carboxylic acids is 1.